The van der Waals surface area contributed by atoms with Crippen LogP contribution in [-0.2, 0) is 4.79 Å². The minimum absolute atomic E-state index is 0.0489. The Kier molecular flexibility index (Phi) is 7.31. The Morgan fingerprint density at radius 1 is 1.03 bits per heavy atom. The maximum Gasteiger partial charge on any atom is 0.266 e. The second-order valence-electron chi connectivity index (χ2n) is 8.23. The number of fused-ring (bicyclic) bond motifs is 1. The van der Waals surface area contributed by atoms with Crippen LogP contribution in [0.15, 0.2) is 82.7 Å². The summed E-state index contributed by atoms with van der Waals surface area (Å²) in [7, 11) is 0. The Morgan fingerprint density at radius 2 is 1.71 bits per heavy atom. The number of thioether (sulfide) groups is 1. The van der Waals surface area contributed by atoms with E-state index in [0.29, 0.717) is 38.9 Å². The number of primary amides is 1. The van der Waals surface area contributed by atoms with Gasteiger partial charge in [0.1, 0.15) is 0 Å². The number of nitrogens with two attached hydrogens (primary N) is 1. The Balaban J connectivity index is 1.61. The van der Waals surface area contributed by atoms with Gasteiger partial charge in [-0.2, -0.15) is 0 Å². The number of anilines is 1. The predicted octanol–water partition coefficient (Wildman–Crippen LogP) is 4.73. The first kappa shape index (κ1) is 24.2. The zero-order chi connectivity index (χ0) is 24.9. The van der Waals surface area contributed by atoms with Crippen molar-refractivity contribution in [1.29, 1.82) is 0 Å². The number of carbonyl (C=O) groups is 2. The largest absolute Gasteiger partial charge is 0.366 e. The molecule has 0 aliphatic rings. The molecule has 178 valence electrons. The number of rotatable bonds is 8. The Bertz CT molecular complexity index is 1430. The summed E-state index contributed by atoms with van der Waals surface area (Å²) in [5, 5.41) is 3.74. The third-order valence-corrected chi connectivity index (χ3v) is 6.80. The van der Waals surface area contributed by atoms with Gasteiger partial charge in [0.15, 0.2) is 5.16 Å². The molecule has 1 heterocycles. The predicted molar refractivity (Wildman–Crippen MR) is 140 cm³/mol. The molecule has 0 radical (unpaired) electrons. The molecule has 0 aliphatic carbocycles. The molecule has 1 aromatic heterocycles. The maximum absolute atomic E-state index is 13.4. The fourth-order valence-corrected chi connectivity index (χ4v) is 4.48. The Morgan fingerprint density at radius 3 is 2.37 bits per heavy atom. The highest BCUT2D eigenvalue weighted by Crippen LogP contribution is 2.24. The van der Waals surface area contributed by atoms with Crippen LogP contribution in [0.4, 0.5) is 5.69 Å². The zero-order valence-corrected chi connectivity index (χ0v) is 20.3. The lowest BCUT2D eigenvalue weighted by atomic mass is 9.98. The van der Waals surface area contributed by atoms with E-state index in [0.717, 1.165) is 6.42 Å². The molecule has 0 spiro atoms. The smallest absolute Gasteiger partial charge is 0.266 e. The van der Waals surface area contributed by atoms with Crippen molar-refractivity contribution < 1.29 is 9.59 Å². The molecule has 35 heavy (non-hydrogen) atoms. The summed E-state index contributed by atoms with van der Waals surface area (Å²) < 4.78 is 1.56. The van der Waals surface area contributed by atoms with Gasteiger partial charge in [-0.25, -0.2) is 4.98 Å². The quantitative estimate of drug-likeness (QED) is 0.277. The first-order chi connectivity index (χ1) is 16.9. The van der Waals surface area contributed by atoms with E-state index in [9.17, 15) is 14.4 Å². The topological polar surface area (TPSA) is 107 Å². The lowest BCUT2D eigenvalue weighted by Crippen LogP contribution is -2.23. The van der Waals surface area contributed by atoms with Crippen LogP contribution in [0.5, 0.6) is 0 Å². The SMILES string of the molecule is CCC(C)c1ccc(-n2c(SCC(=O)Nc3ccc(C(N)=O)cc3)nc3ccccc3c2=O)cc1. The Labute approximate surface area is 207 Å². The summed E-state index contributed by atoms with van der Waals surface area (Å²) in [4.78, 5) is 42.0. The van der Waals surface area contributed by atoms with Crippen molar-refractivity contribution in [3.8, 4) is 5.69 Å². The molecule has 1 atom stereocenters. The van der Waals surface area contributed by atoms with Crippen molar-refractivity contribution in [2.75, 3.05) is 11.1 Å². The fourth-order valence-electron chi connectivity index (χ4n) is 3.67. The van der Waals surface area contributed by atoms with Crippen molar-refractivity contribution in [1.82, 2.24) is 9.55 Å². The minimum atomic E-state index is -0.532. The van der Waals surface area contributed by atoms with Crippen molar-refractivity contribution in [3.05, 3.63) is 94.3 Å². The molecule has 0 saturated carbocycles. The highest BCUT2D eigenvalue weighted by Gasteiger charge is 2.15. The van der Waals surface area contributed by atoms with Gasteiger partial charge >= 0.3 is 0 Å². The van der Waals surface area contributed by atoms with Gasteiger partial charge in [0, 0.05) is 11.3 Å². The molecule has 3 N–H and O–H groups in total. The monoisotopic (exact) mass is 486 g/mol. The molecule has 2 amide bonds. The zero-order valence-electron chi connectivity index (χ0n) is 19.5. The molecule has 8 heteroatoms. The van der Waals surface area contributed by atoms with Crippen LogP contribution in [0.3, 0.4) is 0 Å². The number of aromatic nitrogens is 2. The van der Waals surface area contributed by atoms with Gasteiger partial charge in [0.2, 0.25) is 11.8 Å². The van der Waals surface area contributed by atoms with Gasteiger partial charge in [-0.1, -0.05) is 49.9 Å². The van der Waals surface area contributed by atoms with Gasteiger partial charge in [0.05, 0.1) is 22.3 Å². The van der Waals surface area contributed by atoms with Gasteiger partial charge in [-0.3, -0.25) is 19.0 Å². The molecule has 4 rings (SSSR count). The van der Waals surface area contributed by atoms with E-state index in [2.05, 4.69) is 19.2 Å². The van der Waals surface area contributed by atoms with Crippen molar-refractivity contribution in [2.24, 2.45) is 5.73 Å². The third kappa shape index (κ3) is 5.44. The number of benzene rings is 3. The van der Waals surface area contributed by atoms with Crippen LogP contribution in [0.2, 0.25) is 0 Å². The summed E-state index contributed by atoms with van der Waals surface area (Å²) in [6.45, 7) is 4.31. The minimum Gasteiger partial charge on any atom is -0.366 e. The molecule has 7 nitrogen and oxygen atoms in total. The van der Waals surface area contributed by atoms with Gasteiger partial charge in [-0.05, 0) is 66.4 Å². The first-order valence-corrected chi connectivity index (χ1v) is 12.3. The molecule has 0 saturated heterocycles. The summed E-state index contributed by atoms with van der Waals surface area (Å²) in [6, 6.07) is 21.4. The summed E-state index contributed by atoms with van der Waals surface area (Å²) in [5.41, 5.74) is 8.46. The van der Waals surface area contributed by atoms with E-state index in [-0.39, 0.29) is 17.2 Å². The number of para-hydroxylation sites is 1. The van der Waals surface area contributed by atoms with Crippen LogP contribution in [0.1, 0.15) is 42.1 Å². The van der Waals surface area contributed by atoms with E-state index < -0.39 is 5.91 Å². The van der Waals surface area contributed by atoms with Gasteiger partial charge in [-0.15, -0.1) is 0 Å². The number of nitrogens with one attached hydrogen (secondary N) is 1. The molecule has 0 fully saturated rings. The van der Waals surface area contributed by atoms with Gasteiger partial charge in [0.25, 0.3) is 5.56 Å². The van der Waals surface area contributed by atoms with Crippen LogP contribution >= 0.6 is 11.8 Å². The lowest BCUT2D eigenvalue weighted by Gasteiger charge is -2.15. The lowest BCUT2D eigenvalue weighted by molar-refractivity contribution is -0.113. The second-order valence-corrected chi connectivity index (χ2v) is 9.17. The highest BCUT2D eigenvalue weighted by molar-refractivity contribution is 7.99. The summed E-state index contributed by atoms with van der Waals surface area (Å²) >= 11 is 1.19. The molecular formula is C27H26N4O3S. The van der Waals surface area contributed by atoms with Crippen molar-refractivity contribution in [2.45, 2.75) is 31.3 Å². The standard InChI is InChI=1S/C27H26N4O3S/c1-3-17(2)18-10-14-21(15-11-18)31-26(34)22-6-4-5-7-23(22)30-27(31)35-16-24(32)29-20-12-8-19(9-13-20)25(28)33/h4-15,17H,3,16H2,1-2H3,(H2,28,33)(H,29,32). The maximum atomic E-state index is 13.4. The van der Waals surface area contributed by atoms with E-state index in [1.807, 2.05) is 36.4 Å². The molecular weight excluding hydrogens is 460 g/mol. The number of hydrogen-bond donors (Lipinski definition) is 2. The fraction of sp³-hybridized carbons (Fsp3) is 0.185. The number of hydrogen-bond acceptors (Lipinski definition) is 5. The average Bonchev–Trinajstić information content (AvgIpc) is 2.87. The van der Waals surface area contributed by atoms with Crippen molar-refractivity contribution in [3.63, 3.8) is 0 Å². The van der Waals surface area contributed by atoms with Crippen LogP contribution < -0.4 is 16.6 Å². The average molecular weight is 487 g/mol. The molecule has 3 aromatic carbocycles. The second kappa shape index (κ2) is 10.6. The molecule has 0 bridgehead atoms. The van der Waals surface area contributed by atoms with Crippen LogP contribution in [0.25, 0.3) is 16.6 Å². The van der Waals surface area contributed by atoms with Crippen LogP contribution in [0, 0.1) is 0 Å². The van der Waals surface area contributed by atoms with Crippen molar-refractivity contribution >= 4 is 40.2 Å². The number of carbonyl (C=O) groups excluding carboxylic acids is 2. The van der Waals surface area contributed by atoms with E-state index in [1.165, 1.54) is 17.3 Å². The summed E-state index contributed by atoms with van der Waals surface area (Å²) in [6.07, 6.45) is 1.03. The van der Waals surface area contributed by atoms with E-state index >= 15 is 0 Å². The molecule has 4 aromatic rings. The highest BCUT2D eigenvalue weighted by atomic mass is 32.2. The first-order valence-electron chi connectivity index (χ1n) is 11.3. The normalized spacial score (nSPS) is 11.8. The number of amides is 2. The Hall–Kier alpha value is -3.91. The van der Waals surface area contributed by atoms with Crippen LogP contribution in [-0.4, -0.2) is 27.1 Å². The number of nitrogens with zero attached hydrogens (tertiary/aromatic N) is 2. The van der Waals surface area contributed by atoms with Gasteiger partial charge < -0.3 is 11.1 Å². The third-order valence-electron chi connectivity index (χ3n) is 5.86. The van der Waals surface area contributed by atoms with E-state index in [4.69, 9.17) is 10.7 Å². The molecule has 0 aliphatic heterocycles. The van der Waals surface area contributed by atoms with E-state index in [1.54, 1.807) is 41.0 Å². The summed E-state index contributed by atoms with van der Waals surface area (Å²) in [5.74, 6) is -0.322. The molecule has 1 unspecified atom stereocenters.